The Morgan fingerprint density at radius 2 is 2.29 bits per heavy atom. The van der Waals surface area contributed by atoms with E-state index >= 15 is 0 Å². The Bertz CT molecular complexity index is 368. The Hall–Kier alpha value is -1.00. The number of aliphatic hydroxyl groups is 1. The first-order valence-corrected chi connectivity index (χ1v) is 4.49. The van der Waals surface area contributed by atoms with Gasteiger partial charge in [0, 0.05) is 24.7 Å². The van der Waals surface area contributed by atoms with E-state index in [1.54, 1.807) is 0 Å². The average molecular weight is 219 g/mol. The van der Waals surface area contributed by atoms with Crippen LogP contribution in [0.2, 0.25) is 5.02 Å². The molecule has 5 heteroatoms. The maximum absolute atomic E-state index is 13.5. The number of ether oxygens (including phenoxy) is 2. The molecule has 1 N–H and O–H groups in total. The third-order valence-electron chi connectivity index (χ3n) is 2.01. The van der Waals surface area contributed by atoms with Crippen LogP contribution in [0.5, 0.6) is 11.5 Å². The van der Waals surface area contributed by atoms with E-state index < -0.39 is 5.82 Å². The summed E-state index contributed by atoms with van der Waals surface area (Å²) in [7, 11) is 0. The molecule has 0 unspecified atom stereocenters. The third kappa shape index (κ3) is 1.40. The quantitative estimate of drug-likeness (QED) is 0.822. The topological polar surface area (TPSA) is 38.7 Å². The summed E-state index contributed by atoms with van der Waals surface area (Å²) in [6.07, 6.45) is 0.165. The van der Waals surface area contributed by atoms with Crippen molar-refractivity contribution in [2.75, 3.05) is 13.4 Å². The minimum Gasteiger partial charge on any atom is -0.454 e. The summed E-state index contributed by atoms with van der Waals surface area (Å²) in [5, 5.41) is 8.74. The molecule has 1 aromatic carbocycles. The van der Waals surface area contributed by atoms with Crippen LogP contribution >= 0.6 is 11.6 Å². The fourth-order valence-electron chi connectivity index (χ4n) is 1.39. The molecule has 1 aromatic rings. The second-order valence-corrected chi connectivity index (χ2v) is 3.27. The summed E-state index contributed by atoms with van der Waals surface area (Å²) in [6, 6.07) is 1.38. The minimum absolute atomic E-state index is 0.0160. The highest BCUT2D eigenvalue weighted by molar-refractivity contribution is 6.31. The van der Waals surface area contributed by atoms with Crippen LogP contribution in [0, 0.1) is 5.82 Å². The predicted octanol–water partition coefficient (Wildman–Crippen LogP) is 1.74. The first-order chi connectivity index (χ1) is 6.74. The van der Waals surface area contributed by atoms with Gasteiger partial charge < -0.3 is 14.6 Å². The van der Waals surface area contributed by atoms with Gasteiger partial charge in [0.2, 0.25) is 6.79 Å². The van der Waals surface area contributed by atoms with Gasteiger partial charge in [0.1, 0.15) is 5.82 Å². The van der Waals surface area contributed by atoms with E-state index in [2.05, 4.69) is 0 Å². The zero-order valence-corrected chi connectivity index (χ0v) is 7.97. The van der Waals surface area contributed by atoms with Gasteiger partial charge in [-0.15, -0.1) is 0 Å². The van der Waals surface area contributed by atoms with Gasteiger partial charge in [0.15, 0.2) is 11.5 Å². The van der Waals surface area contributed by atoms with Crippen molar-refractivity contribution in [2.45, 2.75) is 6.42 Å². The van der Waals surface area contributed by atoms with Gasteiger partial charge in [-0.3, -0.25) is 0 Å². The number of fused-ring (bicyclic) bond motifs is 1. The molecule has 1 heterocycles. The highest BCUT2D eigenvalue weighted by Crippen LogP contribution is 2.40. The largest absolute Gasteiger partial charge is 0.454 e. The van der Waals surface area contributed by atoms with E-state index in [-0.39, 0.29) is 30.4 Å². The summed E-state index contributed by atoms with van der Waals surface area (Å²) < 4.78 is 23.6. The molecule has 0 atom stereocenters. The van der Waals surface area contributed by atoms with E-state index in [9.17, 15) is 4.39 Å². The highest BCUT2D eigenvalue weighted by Gasteiger charge is 2.23. The van der Waals surface area contributed by atoms with E-state index in [0.29, 0.717) is 11.5 Å². The first kappa shape index (κ1) is 9.55. The Labute approximate surface area is 85.0 Å². The first-order valence-electron chi connectivity index (χ1n) is 4.11. The molecule has 0 aliphatic carbocycles. The van der Waals surface area contributed by atoms with Crippen LogP contribution in [-0.2, 0) is 6.42 Å². The van der Waals surface area contributed by atoms with Crippen molar-refractivity contribution in [3.63, 3.8) is 0 Å². The Balaban J connectivity index is 2.54. The Morgan fingerprint density at radius 1 is 1.50 bits per heavy atom. The van der Waals surface area contributed by atoms with Gasteiger partial charge in [-0.2, -0.15) is 0 Å². The lowest BCUT2D eigenvalue weighted by molar-refractivity contribution is 0.172. The normalized spacial score (nSPS) is 13.4. The van der Waals surface area contributed by atoms with Gasteiger partial charge >= 0.3 is 0 Å². The lowest BCUT2D eigenvalue weighted by Crippen LogP contribution is -1.99. The van der Waals surface area contributed by atoms with Gasteiger partial charge in [0.05, 0.1) is 5.02 Å². The van der Waals surface area contributed by atoms with Crippen LogP contribution in [0.25, 0.3) is 0 Å². The molecule has 1 aliphatic heterocycles. The van der Waals surface area contributed by atoms with Crippen molar-refractivity contribution in [2.24, 2.45) is 0 Å². The van der Waals surface area contributed by atoms with Crippen LogP contribution < -0.4 is 9.47 Å². The second kappa shape index (κ2) is 3.63. The van der Waals surface area contributed by atoms with Gasteiger partial charge in [-0.25, -0.2) is 4.39 Å². The Kier molecular flexibility index (Phi) is 2.48. The molecule has 0 spiro atoms. The molecule has 3 nitrogen and oxygen atoms in total. The third-order valence-corrected chi connectivity index (χ3v) is 2.28. The number of halogens is 2. The van der Waals surface area contributed by atoms with Gasteiger partial charge in [-0.1, -0.05) is 11.6 Å². The average Bonchev–Trinajstić information content (AvgIpc) is 2.60. The molecule has 2 rings (SSSR count). The van der Waals surface area contributed by atoms with Crippen molar-refractivity contribution >= 4 is 11.6 Å². The van der Waals surface area contributed by atoms with Crippen LogP contribution in [0.4, 0.5) is 4.39 Å². The van der Waals surface area contributed by atoms with Crippen molar-refractivity contribution in [1.29, 1.82) is 0 Å². The molecular weight excluding hydrogens is 211 g/mol. The van der Waals surface area contributed by atoms with E-state index in [0.717, 1.165) is 0 Å². The zero-order chi connectivity index (χ0) is 10.1. The van der Waals surface area contributed by atoms with Crippen molar-refractivity contribution in [1.82, 2.24) is 0 Å². The van der Waals surface area contributed by atoms with Crippen LogP contribution in [0.3, 0.4) is 0 Å². The molecule has 0 bridgehead atoms. The molecule has 76 valence electrons. The summed E-state index contributed by atoms with van der Waals surface area (Å²) in [5.41, 5.74) is 0.271. The molecule has 1 aliphatic rings. The smallest absolute Gasteiger partial charge is 0.231 e. The number of hydrogen-bond acceptors (Lipinski definition) is 3. The van der Waals surface area contributed by atoms with Crippen molar-refractivity contribution in [3.8, 4) is 11.5 Å². The van der Waals surface area contributed by atoms with Crippen molar-refractivity contribution < 1.29 is 19.0 Å². The number of rotatable bonds is 2. The van der Waals surface area contributed by atoms with Crippen molar-refractivity contribution in [3.05, 3.63) is 22.5 Å². The van der Waals surface area contributed by atoms with E-state index in [1.807, 2.05) is 0 Å². The van der Waals surface area contributed by atoms with Crippen LogP contribution in [-0.4, -0.2) is 18.5 Å². The summed E-state index contributed by atoms with van der Waals surface area (Å²) >= 11 is 5.64. The molecule has 0 amide bonds. The van der Waals surface area contributed by atoms with Gasteiger partial charge in [0.25, 0.3) is 0 Å². The summed E-state index contributed by atoms with van der Waals surface area (Å²) in [6.45, 7) is -0.0966. The fourth-order valence-corrected chi connectivity index (χ4v) is 1.60. The second-order valence-electron chi connectivity index (χ2n) is 2.86. The molecule has 0 radical (unpaired) electrons. The van der Waals surface area contributed by atoms with Crippen LogP contribution in [0.15, 0.2) is 6.07 Å². The standard InChI is InChI=1S/C9H8ClFO3/c10-6-3-7-9(14-4-13-7)5(1-2-12)8(6)11/h3,12H,1-2,4H2. The maximum Gasteiger partial charge on any atom is 0.231 e. The SMILES string of the molecule is OCCc1c(F)c(Cl)cc2c1OCO2. The molecule has 0 saturated heterocycles. The highest BCUT2D eigenvalue weighted by atomic mass is 35.5. The fraction of sp³-hybridized carbons (Fsp3) is 0.333. The van der Waals surface area contributed by atoms with E-state index in [1.165, 1.54) is 6.07 Å². The number of hydrogen-bond donors (Lipinski definition) is 1. The Morgan fingerprint density at radius 3 is 3.00 bits per heavy atom. The zero-order valence-electron chi connectivity index (χ0n) is 7.22. The van der Waals surface area contributed by atoms with Crippen LogP contribution in [0.1, 0.15) is 5.56 Å². The van der Waals surface area contributed by atoms with Gasteiger partial charge in [-0.05, 0) is 0 Å². The lowest BCUT2D eigenvalue weighted by Gasteiger charge is -2.06. The molecular formula is C9H8ClFO3. The molecule has 0 fully saturated rings. The van der Waals surface area contributed by atoms with E-state index in [4.69, 9.17) is 26.2 Å². The summed E-state index contributed by atoms with van der Waals surface area (Å²) in [4.78, 5) is 0. The molecule has 14 heavy (non-hydrogen) atoms. The molecule has 0 aromatic heterocycles. The monoisotopic (exact) mass is 218 g/mol. The predicted molar refractivity (Wildman–Crippen MR) is 48.3 cm³/mol. The maximum atomic E-state index is 13.5. The number of benzene rings is 1. The lowest BCUT2D eigenvalue weighted by atomic mass is 10.1. The number of aliphatic hydroxyl groups excluding tert-OH is 1. The summed E-state index contributed by atoms with van der Waals surface area (Å²) in [5.74, 6) is 0.228. The molecule has 0 saturated carbocycles. The minimum atomic E-state index is -0.551.